The molecule has 4 rings (SSSR count). The van der Waals surface area contributed by atoms with Crippen LogP contribution in [-0.4, -0.2) is 46.1 Å². The average Bonchev–Trinajstić information content (AvgIpc) is 3.12. The van der Waals surface area contributed by atoms with Gasteiger partial charge in [0.05, 0.1) is 11.0 Å². The predicted molar refractivity (Wildman–Crippen MR) is 116 cm³/mol. The summed E-state index contributed by atoms with van der Waals surface area (Å²) in [7, 11) is 0. The van der Waals surface area contributed by atoms with Crippen molar-refractivity contribution in [1.82, 2.24) is 14.5 Å². The van der Waals surface area contributed by atoms with Gasteiger partial charge in [-0.15, -0.1) is 0 Å². The van der Waals surface area contributed by atoms with Gasteiger partial charge >= 0.3 is 0 Å². The zero-order valence-electron chi connectivity index (χ0n) is 16.7. The Labute approximate surface area is 175 Å². The maximum absolute atomic E-state index is 13.1. The van der Waals surface area contributed by atoms with Crippen molar-refractivity contribution in [2.24, 2.45) is 5.92 Å². The van der Waals surface area contributed by atoms with Crippen molar-refractivity contribution < 1.29 is 9.18 Å². The van der Waals surface area contributed by atoms with E-state index in [0.717, 1.165) is 56.1 Å². The van der Waals surface area contributed by atoms with Gasteiger partial charge in [-0.3, -0.25) is 4.79 Å². The lowest BCUT2D eigenvalue weighted by molar-refractivity contribution is 0.0838. The fourth-order valence-corrected chi connectivity index (χ4v) is 4.75. The SMILES string of the molecule is CSc1nc2ccccc2n1CCCN1CCC(C(=O)c2ccc(F)cc2)CC1. The van der Waals surface area contributed by atoms with Gasteiger partial charge in [0.15, 0.2) is 10.9 Å². The van der Waals surface area contributed by atoms with E-state index < -0.39 is 0 Å². The number of rotatable bonds is 7. The molecule has 1 aliphatic rings. The number of nitrogens with zero attached hydrogens (tertiary/aromatic N) is 3. The number of Topliss-reactive ketones (excluding diaryl/α,β-unsaturated/α-hetero) is 1. The van der Waals surface area contributed by atoms with Crippen molar-refractivity contribution in [3.8, 4) is 0 Å². The Bertz CT molecular complexity index is 977. The molecular weight excluding hydrogens is 385 g/mol. The van der Waals surface area contributed by atoms with Crippen molar-refractivity contribution in [3.05, 3.63) is 59.9 Å². The molecule has 0 bridgehead atoms. The van der Waals surface area contributed by atoms with Gasteiger partial charge in [0.1, 0.15) is 5.82 Å². The van der Waals surface area contributed by atoms with Crippen LogP contribution in [0, 0.1) is 11.7 Å². The number of carbonyl (C=O) groups is 1. The van der Waals surface area contributed by atoms with Gasteiger partial charge in [0, 0.05) is 18.0 Å². The third-order valence-corrected chi connectivity index (χ3v) is 6.42. The van der Waals surface area contributed by atoms with Gasteiger partial charge in [0.25, 0.3) is 0 Å². The van der Waals surface area contributed by atoms with Gasteiger partial charge in [0.2, 0.25) is 0 Å². The molecule has 6 heteroatoms. The number of aromatic nitrogens is 2. The number of piperidine rings is 1. The third-order valence-electron chi connectivity index (χ3n) is 5.75. The zero-order chi connectivity index (χ0) is 20.2. The largest absolute Gasteiger partial charge is 0.319 e. The van der Waals surface area contributed by atoms with E-state index in [0.29, 0.717) is 5.56 Å². The van der Waals surface area contributed by atoms with Crippen LogP contribution < -0.4 is 0 Å². The van der Waals surface area contributed by atoms with E-state index in [1.54, 1.807) is 23.9 Å². The smallest absolute Gasteiger partial charge is 0.168 e. The van der Waals surface area contributed by atoms with Gasteiger partial charge in [-0.05, 0) is 81.6 Å². The standard InChI is InChI=1S/C23H26FN3OS/c1-29-23-25-20-5-2-3-6-21(20)27(23)14-4-13-26-15-11-18(12-16-26)22(28)17-7-9-19(24)10-8-17/h2-3,5-10,18H,4,11-16H2,1H3. The van der Waals surface area contributed by atoms with E-state index in [9.17, 15) is 9.18 Å². The van der Waals surface area contributed by atoms with Crippen LogP contribution in [0.4, 0.5) is 4.39 Å². The molecule has 0 unspecified atom stereocenters. The maximum atomic E-state index is 13.1. The van der Waals surface area contributed by atoms with Crippen LogP contribution in [-0.2, 0) is 6.54 Å². The number of aryl methyl sites for hydroxylation is 1. The number of hydrogen-bond donors (Lipinski definition) is 0. The van der Waals surface area contributed by atoms with Gasteiger partial charge in [-0.2, -0.15) is 0 Å². The number of hydrogen-bond acceptors (Lipinski definition) is 4. The molecule has 2 heterocycles. The summed E-state index contributed by atoms with van der Waals surface area (Å²) in [6, 6.07) is 14.2. The van der Waals surface area contributed by atoms with Crippen LogP contribution in [0.25, 0.3) is 11.0 Å². The Kier molecular flexibility index (Phi) is 6.31. The molecule has 1 aliphatic heterocycles. The van der Waals surface area contributed by atoms with E-state index in [4.69, 9.17) is 4.98 Å². The minimum atomic E-state index is -0.299. The van der Waals surface area contributed by atoms with Crippen LogP contribution in [0.1, 0.15) is 29.6 Å². The summed E-state index contributed by atoms with van der Waals surface area (Å²) < 4.78 is 15.4. The Balaban J connectivity index is 1.29. The Morgan fingerprint density at radius 2 is 1.83 bits per heavy atom. The highest BCUT2D eigenvalue weighted by Gasteiger charge is 2.25. The molecule has 0 amide bonds. The van der Waals surface area contributed by atoms with Crippen LogP contribution in [0.15, 0.2) is 53.7 Å². The van der Waals surface area contributed by atoms with E-state index in [1.165, 1.54) is 17.6 Å². The lowest BCUT2D eigenvalue weighted by atomic mass is 9.89. The molecule has 0 spiro atoms. The molecule has 0 saturated carbocycles. The number of para-hydroxylation sites is 2. The molecule has 0 radical (unpaired) electrons. The molecule has 1 fully saturated rings. The molecule has 0 aliphatic carbocycles. The number of likely N-dealkylation sites (tertiary alicyclic amines) is 1. The Morgan fingerprint density at radius 3 is 2.55 bits per heavy atom. The van der Waals surface area contributed by atoms with Gasteiger partial charge < -0.3 is 9.47 Å². The fourth-order valence-electron chi connectivity index (χ4n) is 4.15. The number of imidazole rings is 1. The predicted octanol–water partition coefficient (Wildman–Crippen LogP) is 4.88. The van der Waals surface area contributed by atoms with Crippen LogP contribution in [0.2, 0.25) is 0 Å². The highest BCUT2D eigenvalue weighted by Crippen LogP contribution is 2.24. The molecule has 0 atom stereocenters. The fraction of sp³-hybridized carbons (Fsp3) is 0.391. The van der Waals surface area contributed by atoms with Gasteiger partial charge in [-0.1, -0.05) is 23.9 Å². The highest BCUT2D eigenvalue weighted by molar-refractivity contribution is 7.98. The number of benzene rings is 2. The molecule has 152 valence electrons. The normalized spacial score (nSPS) is 15.8. The lowest BCUT2D eigenvalue weighted by Crippen LogP contribution is -2.37. The number of fused-ring (bicyclic) bond motifs is 1. The lowest BCUT2D eigenvalue weighted by Gasteiger charge is -2.31. The molecule has 1 aromatic heterocycles. The first-order valence-electron chi connectivity index (χ1n) is 10.2. The van der Waals surface area contributed by atoms with E-state index in [2.05, 4.69) is 33.9 Å². The van der Waals surface area contributed by atoms with E-state index in [1.807, 2.05) is 6.07 Å². The van der Waals surface area contributed by atoms with Gasteiger partial charge in [-0.25, -0.2) is 9.37 Å². The zero-order valence-corrected chi connectivity index (χ0v) is 17.5. The van der Waals surface area contributed by atoms with Crippen molar-refractivity contribution in [2.75, 3.05) is 25.9 Å². The highest BCUT2D eigenvalue weighted by atomic mass is 32.2. The van der Waals surface area contributed by atoms with E-state index >= 15 is 0 Å². The topological polar surface area (TPSA) is 38.1 Å². The number of thioether (sulfide) groups is 1. The minimum Gasteiger partial charge on any atom is -0.319 e. The summed E-state index contributed by atoms with van der Waals surface area (Å²) in [5.41, 5.74) is 2.87. The number of ketones is 1. The van der Waals surface area contributed by atoms with E-state index in [-0.39, 0.29) is 17.5 Å². The van der Waals surface area contributed by atoms with Crippen molar-refractivity contribution in [2.45, 2.75) is 31.0 Å². The van der Waals surface area contributed by atoms with Crippen LogP contribution >= 0.6 is 11.8 Å². The summed E-state index contributed by atoms with van der Waals surface area (Å²) in [5.74, 6) is -0.0942. The Hall–Kier alpha value is -2.18. The minimum absolute atomic E-state index is 0.0531. The first-order chi connectivity index (χ1) is 14.2. The number of carbonyl (C=O) groups excluding carboxylic acids is 1. The molecule has 0 N–H and O–H groups in total. The van der Waals surface area contributed by atoms with Crippen LogP contribution in [0.5, 0.6) is 0 Å². The average molecular weight is 412 g/mol. The third kappa shape index (κ3) is 4.54. The van der Waals surface area contributed by atoms with Crippen molar-refractivity contribution in [3.63, 3.8) is 0 Å². The summed E-state index contributed by atoms with van der Waals surface area (Å²) in [4.78, 5) is 19.8. The second-order valence-corrected chi connectivity index (χ2v) is 8.35. The molecular formula is C23H26FN3OS. The molecule has 4 nitrogen and oxygen atoms in total. The monoisotopic (exact) mass is 411 g/mol. The Morgan fingerprint density at radius 1 is 1.10 bits per heavy atom. The molecule has 29 heavy (non-hydrogen) atoms. The first kappa shape index (κ1) is 20.1. The quantitative estimate of drug-likeness (QED) is 0.410. The summed E-state index contributed by atoms with van der Waals surface area (Å²) in [6.07, 6.45) is 4.88. The van der Waals surface area contributed by atoms with Crippen molar-refractivity contribution >= 4 is 28.6 Å². The maximum Gasteiger partial charge on any atom is 0.168 e. The summed E-state index contributed by atoms with van der Waals surface area (Å²) in [6.45, 7) is 3.86. The molecule has 2 aromatic carbocycles. The summed E-state index contributed by atoms with van der Waals surface area (Å²) >= 11 is 1.69. The molecule has 3 aromatic rings. The second kappa shape index (κ2) is 9.09. The second-order valence-electron chi connectivity index (χ2n) is 7.58. The van der Waals surface area contributed by atoms with Crippen LogP contribution in [0.3, 0.4) is 0 Å². The summed E-state index contributed by atoms with van der Waals surface area (Å²) in [5, 5.41) is 1.06. The molecule has 1 saturated heterocycles. The first-order valence-corrected chi connectivity index (χ1v) is 11.4. The van der Waals surface area contributed by atoms with Crippen molar-refractivity contribution in [1.29, 1.82) is 0 Å². The number of halogens is 1.